The lowest BCUT2D eigenvalue weighted by Gasteiger charge is -2.40. The topological polar surface area (TPSA) is 68.1 Å². The first-order valence-electron chi connectivity index (χ1n) is 11.0. The third-order valence-electron chi connectivity index (χ3n) is 6.72. The van der Waals surface area contributed by atoms with Crippen molar-refractivity contribution in [3.8, 4) is 11.4 Å². The fraction of sp³-hybridized carbons (Fsp3) is 0.360. The van der Waals surface area contributed by atoms with Crippen molar-refractivity contribution in [2.24, 2.45) is 0 Å². The summed E-state index contributed by atoms with van der Waals surface area (Å²) in [6.45, 7) is 3.87. The van der Waals surface area contributed by atoms with Crippen LogP contribution in [0.4, 0.5) is 0 Å². The molecular weight excluding hydrogens is 388 g/mol. The number of benzene rings is 1. The maximum atomic E-state index is 13.2. The zero-order valence-electron chi connectivity index (χ0n) is 17.8. The molecule has 0 saturated carbocycles. The lowest BCUT2D eigenvalue weighted by molar-refractivity contribution is 0.0633. The Labute approximate surface area is 181 Å². The summed E-state index contributed by atoms with van der Waals surface area (Å²) in [6, 6.07) is 13.3. The standard InChI is InChI=1S/C25H26N4O2/c1-2-28-14-10-19(15-21(28)30)24(31)29-13-6-11-25(17-29)12-9-20-16-26-23(27-22(20)25)18-7-4-3-5-8-18/h3-5,7-8,10,14-16H,2,6,9,11-13,17H2,1H3. The zero-order valence-corrected chi connectivity index (χ0v) is 17.8. The van der Waals surface area contributed by atoms with Gasteiger partial charge < -0.3 is 9.47 Å². The molecule has 3 aromatic rings. The van der Waals surface area contributed by atoms with Crippen LogP contribution in [-0.4, -0.2) is 38.4 Å². The van der Waals surface area contributed by atoms with Gasteiger partial charge in [-0.1, -0.05) is 30.3 Å². The molecular formula is C25H26N4O2. The SMILES string of the molecule is CCn1ccc(C(=O)N2CCCC3(CCc4cnc(-c5ccccc5)nc43)C2)cc1=O. The summed E-state index contributed by atoms with van der Waals surface area (Å²) in [5.41, 5.74) is 3.50. The van der Waals surface area contributed by atoms with Crippen molar-refractivity contribution in [2.45, 2.75) is 44.6 Å². The smallest absolute Gasteiger partial charge is 0.254 e. The van der Waals surface area contributed by atoms with Crippen LogP contribution in [0.15, 0.2) is 59.7 Å². The van der Waals surface area contributed by atoms with Crippen molar-refractivity contribution in [1.82, 2.24) is 19.4 Å². The number of aromatic nitrogens is 3. The van der Waals surface area contributed by atoms with E-state index in [1.165, 1.54) is 11.6 Å². The maximum Gasteiger partial charge on any atom is 0.254 e. The normalized spacial score (nSPS) is 20.1. The van der Waals surface area contributed by atoms with Gasteiger partial charge in [-0.2, -0.15) is 0 Å². The molecule has 1 saturated heterocycles. The van der Waals surface area contributed by atoms with Crippen LogP contribution < -0.4 is 5.56 Å². The van der Waals surface area contributed by atoms with Crippen LogP contribution >= 0.6 is 0 Å². The Balaban J connectivity index is 1.45. The third-order valence-corrected chi connectivity index (χ3v) is 6.72. The Morgan fingerprint density at radius 1 is 1.16 bits per heavy atom. The number of hydrogen-bond acceptors (Lipinski definition) is 4. The van der Waals surface area contributed by atoms with Crippen molar-refractivity contribution in [3.63, 3.8) is 0 Å². The van der Waals surface area contributed by atoms with E-state index in [0.29, 0.717) is 25.2 Å². The van der Waals surface area contributed by atoms with E-state index in [9.17, 15) is 9.59 Å². The van der Waals surface area contributed by atoms with Crippen LogP contribution in [0.25, 0.3) is 11.4 Å². The molecule has 1 spiro atoms. The van der Waals surface area contributed by atoms with Crippen LogP contribution in [-0.2, 0) is 18.4 Å². The predicted molar refractivity (Wildman–Crippen MR) is 119 cm³/mol. The molecule has 1 aromatic carbocycles. The van der Waals surface area contributed by atoms with Gasteiger partial charge in [0.15, 0.2) is 5.82 Å². The van der Waals surface area contributed by atoms with Gasteiger partial charge in [0, 0.05) is 54.6 Å². The van der Waals surface area contributed by atoms with Crippen molar-refractivity contribution < 1.29 is 4.79 Å². The number of carbonyl (C=O) groups excluding carboxylic acids is 1. The fourth-order valence-electron chi connectivity index (χ4n) is 5.05. The monoisotopic (exact) mass is 414 g/mol. The molecule has 1 unspecified atom stereocenters. The van der Waals surface area contributed by atoms with E-state index in [0.717, 1.165) is 42.8 Å². The molecule has 0 radical (unpaired) electrons. The van der Waals surface area contributed by atoms with Gasteiger partial charge in [-0.15, -0.1) is 0 Å². The molecule has 1 atom stereocenters. The number of pyridine rings is 1. The van der Waals surface area contributed by atoms with E-state index >= 15 is 0 Å². The van der Waals surface area contributed by atoms with Gasteiger partial charge in [0.1, 0.15) is 0 Å². The molecule has 6 heteroatoms. The van der Waals surface area contributed by atoms with E-state index in [2.05, 4.69) is 4.98 Å². The summed E-state index contributed by atoms with van der Waals surface area (Å²) in [5, 5.41) is 0. The lowest BCUT2D eigenvalue weighted by atomic mass is 9.77. The highest BCUT2D eigenvalue weighted by Crippen LogP contribution is 2.44. The van der Waals surface area contributed by atoms with Crippen LogP contribution in [0, 0.1) is 0 Å². The second-order valence-corrected chi connectivity index (χ2v) is 8.58. The van der Waals surface area contributed by atoms with E-state index < -0.39 is 0 Å². The first-order chi connectivity index (χ1) is 15.1. The molecule has 0 bridgehead atoms. The molecule has 31 heavy (non-hydrogen) atoms. The minimum Gasteiger partial charge on any atom is -0.338 e. The van der Waals surface area contributed by atoms with E-state index in [1.807, 2.05) is 48.4 Å². The summed E-state index contributed by atoms with van der Waals surface area (Å²) < 4.78 is 1.60. The molecule has 1 amide bonds. The number of piperidine rings is 1. The van der Waals surface area contributed by atoms with E-state index in [1.54, 1.807) is 16.8 Å². The molecule has 1 aliphatic heterocycles. The Bertz CT molecular complexity index is 1180. The molecule has 3 heterocycles. The number of fused-ring (bicyclic) bond motifs is 2. The molecule has 6 nitrogen and oxygen atoms in total. The highest BCUT2D eigenvalue weighted by atomic mass is 16.2. The number of amides is 1. The summed E-state index contributed by atoms with van der Waals surface area (Å²) in [7, 11) is 0. The quantitative estimate of drug-likeness (QED) is 0.658. The Kier molecular flexibility index (Phi) is 4.93. The van der Waals surface area contributed by atoms with Gasteiger partial charge >= 0.3 is 0 Å². The van der Waals surface area contributed by atoms with E-state index in [-0.39, 0.29) is 16.9 Å². The first kappa shape index (κ1) is 19.7. The Hall–Kier alpha value is -3.28. The highest BCUT2D eigenvalue weighted by molar-refractivity contribution is 5.94. The minimum atomic E-state index is -0.133. The predicted octanol–water partition coefficient (Wildman–Crippen LogP) is 3.45. The van der Waals surface area contributed by atoms with Crippen LogP contribution in [0.2, 0.25) is 0 Å². The number of nitrogens with zero attached hydrogens (tertiary/aromatic N) is 4. The summed E-state index contributed by atoms with van der Waals surface area (Å²) in [5.74, 6) is 0.678. The Morgan fingerprint density at radius 2 is 2.00 bits per heavy atom. The average Bonchev–Trinajstić information content (AvgIpc) is 3.16. The second-order valence-electron chi connectivity index (χ2n) is 8.58. The second kappa shape index (κ2) is 7.76. The van der Waals surface area contributed by atoms with Crippen LogP contribution in [0.3, 0.4) is 0 Å². The molecule has 2 aromatic heterocycles. The van der Waals surface area contributed by atoms with Crippen molar-refractivity contribution in [1.29, 1.82) is 0 Å². The van der Waals surface area contributed by atoms with Crippen LogP contribution in [0.1, 0.15) is 47.8 Å². The van der Waals surface area contributed by atoms with Gasteiger partial charge in [0.05, 0.1) is 5.69 Å². The van der Waals surface area contributed by atoms with Crippen molar-refractivity contribution in [3.05, 3.63) is 82.0 Å². The van der Waals surface area contributed by atoms with Gasteiger partial charge in [-0.25, -0.2) is 9.97 Å². The molecule has 0 N–H and O–H groups in total. The van der Waals surface area contributed by atoms with Crippen molar-refractivity contribution >= 4 is 5.91 Å². The fourth-order valence-corrected chi connectivity index (χ4v) is 5.05. The number of rotatable bonds is 3. The largest absolute Gasteiger partial charge is 0.338 e. The summed E-state index contributed by atoms with van der Waals surface area (Å²) in [4.78, 5) is 37.0. The van der Waals surface area contributed by atoms with Gasteiger partial charge in [0.25, 0.3) is 11.5 Å². The molecule has 5 rings (SSSR count). The maximum absolute atomic E-state index is 13.2. The molecule has 1 aliphatic carbocycles. The van der Waals surface area contributed by atoms with Gasteiger partial charge in [-0.3, -0.25) is 9.59 Å². The number of likely N-dealkylation sites (tertiary alicyclic amines) is 1. The molecule has 1 fully saturated rings. The molecule has 2 aliphatic rings. The summed E-state index contributed by atoms with van der Waals surface area (Å²) >= 11 is 0. The van der Waals surface area contributed by atoms with E-state index in [4.69, 9.17) is 4.98 Å². The third kappa shape index (κ3) is 3.46. The lowest BCUT2D eigenvalue weighted by Crippen LogP contribution is -2.48. The molecule has 158 valence electrons. The number of carbonyl (C=O) groups is 1. The number of hydrogen-bond donors (Lipinski definition) is 0. The number of aryl methyl sites for hydroxylation is 2. The Morgan fingerprint density at radius 3 is 2.77 bits per heavy atom. The average molecular weight is 415 g/mol. The van der Waals surface area contributed by atoms with Crippen molar-refractivity contribution in [2.75, 3.05) is 13.1 Å². The summed E-state index contributed by atoms with van der Waals surface area (Å²) in [6.07, 6.45) is 7.55. The highest BCUT2D eigenvalue weighted by Gasteiger charge is 2.44. The zero-order chi connectivity index (χ0) is 21.4. The minimum absolute atomic E-state index is 0.0646. The first-order valence-corrected chi connectivity index (χ1v) is 11.0. The van der Waals surface area contributed by atoms with Gasteiger partial charge in [0.2, 0.25) is 0 Å². The van der Waals surface area contributed by atoms with Crippen LogP contribution in [0.5, 0.6) is 0 Å². The van der Waals surface area contributed by atoms with Gasteiger partial charge in [-0.05, 0) is 44.2 Å².